The van der Waals surface area contributed by atoms with Crippen molar-refractivity contribution in [1.29, 1.82) is 0 Å². The highest BCUT2D eigenvalue weighted by atomic mass is 32.2. The van der Waals surface area contributed by atoms with Crippen LogP contribution in [0.1, 0.15) is 18.4 Å². The number of cyclic esters (lactones) is 1. The summed E-state index contributed by atoms with van der Waals surface area (Å²) in [5.74, 6) is -2.08. The molecule has 3 aromatic rings. The fourth-order valence-electron chi connectivity index (χ4n) is 4.55. The van der Waals surface area contributed by atoms with Crippen LogP contribution in [0.3, 0.4) is 0 Å². The van der Waals surface area contributed by atoms with Crippen molar-refractivity contribution >= 4 is 40.8 Å². The molecule has 0 aliphatic carbocycles. The second kappa shape index (κ2) is 10.8. The summed E-state index contributed by atoms with van der Waals surface area (Å²) in [7, 11) is 0. The Morgan fingerprint density at radius 2 is 1.92 bits per heavy atom. The Labute approximate surface area is 215 Å². The van der Waals surface area contributed by atoms with E-state index in [4.69, 9.17) is 9.47 Å². The molecule has 2 aliphatic rings. The molecule has 1 N–H and O–H groups in total. The molecule has 3 heterocycles. The van der Waals surface area contributed by atoms with Crippen LogP contribution in [-0.2, 0) is 25.7 Å². The summed E-state index contributed by atoms with van der Waals surface area (Å²) in [6.07, 6.45) is 0.419. The van der Waals surface area contributed by atoms with Crippen LogP contribution in [-0.4, -0.2) is 75.3 Å². The summed E-state index contributed by atoms with van der Waals surface area (Å²) in [5, 5.41) is 0.319. The minimum Gasteiger partial charge on any atom is -0.459 e. The van der Waals surface area contributed by atoms with Gasteiger partial charge in [0.15, 0.2) is 17.0 Å². The summed E-state index contributed by atoms with van der Waals surface area (Å²) in [6.45, 7) is 0.846. The monoisotopic (exact) mass is 530 g/mol. The number of fused-ring (bicyclic) bond motifs is 1. The van der Waals surface area contributed by atoms with Crippen molar-refractivity contribution in [2.24, 2.45) is 0 Å². The molecular weight excluding hydrogens is 506 g/mol. The Balaban J connectivity index is 1.13. The molecule has 2 saturated heterocycles. The van der Waals surface area contributed by atoms with E-state index in [1.165, 1.54) is 4.90 Å². The number of hydrogen-bond acceptors (Lipinski definition) is 7. The minimum atomic E-state index is -0.822. The van der Waals surface area contributed by atoms with Gasteiger partial charge in [0, 0.05) is 25.2 Å². The molecule has 2 amide bonds. The maximum absolute atomic E-state index is 13.9. The number of piperidine rings is 1. The van der Waals surface area contributed by atoms with Gasteiger partial charge in [0.1, 0.15) is 24.5 Å². The van der Waals surface area contributed by atoms with E-state index in [-0.39, 0.29) is 41.9 Å². The van der Waals surface area contributed by atoms with Crippen LogP contribution in [0.25, 0.3) is 11.0 Å². The molecule has 194 valence electrons. The van der Waals surface area contributed by atoms with Crippen molar-refractivity contribution in [2.75, 3.05) is 25.4 Å². The molecule has 5 rings (SSSR count). The van der Waals surface area contributed by atoms with Crippen molar-refractivity contribution in [3.63, 3.8) is 0 Å². The Bertz CT molecular complexity index is 1310. The highest BCUT2D eigenvalue weighted by molar-refractivity contribution is 7.99. The quantitative estimate of drug-likeness (QED) is 0.368. The number of aromatic nitrogens is 2. The summed E-state index contributed by atoms with van der Waals surface area (Å²) in [4.78, 5) is 47.9. The molecule has 12 heteroatoms. The third-order valence-electron chi connectivity index (χ3n) is 6.43. The fraction of sp³-hybridized carbons (Fsp3) is 0.360. The first kappa shape index (κ1) is 25.0. The maximum atomic E-state index is 13.9. The van der Waals surface area contributed by atoms with Gasteiger partial charge in [-0.3, -0.25) is 9.69 Å². The van der Waals surface area contributed by atoms with E-state index in [9.17, 15) is 23.2 Å². The molecule has 0 radical (unpaired) electrons. The number of ether oxygens (including phenoxy) is 2. The molecule has 2 aliphatic heterocycles. The number of aromatic amines is 1. The third kappa shape index (κ3) is 5.53. The highest BCUT2D eigenvalue weighted by Crippen LogP contribution is 2.27. The smallest absolute Gasteiger partial charge is 0.410 e. The first-order valence-electron chi connectivity index (χ1n) is 11.8. The zero-order valence-electron chi connectivity index (χ0n) is 19.7. The lowest BCUT2D eigenvalue weighted by Gasteiger charge is -2.37. The van der Waals surface area contributed by atoms with Crippen molar-refractivity contribution < 1.29 is 32.6 Å². The average Bonchev–Trinajstić information content (AvgIpc) is 3.50. The number of rotatable bonds is 7. The molecule has 0 spiro atoms. The summed E-state index contributed by atoms with van der Waals surface area (Å²) < 4.78 is 37.8. The first-order valence-corrected chi connectivity index (χ1v) is 12.8. The van der Waals surface area contributed by atoms with Crippen LogP contribution >= 0.6 is 11.8 Å². The molecule has 1 aromatic heterocycles. The predicted octanol–water partition coefficient (Wildman–Crippen LogP) is 3.49. The molecule has 2 aromatic carbocycles. The molecule has 9 nitrogen and oxygen atoms in total. The average molecular weight is 531 g/mol. The van der Waals surface area contributed by atoms with Gasteiger partial charge in [0.25, 0.3) is 0 Å². The van der Waals surface area contributed by atoms with Crippen molar-refractivity contribution in [2.45, 2.75) is 36.7 Å². The number of likely N-dealkylation sites (tertiary alicyclic amines) is 1. The maximum Gasteiger partial charge on any atom is 0.410 e. The zero-order valence-corrected chi connectivity index (χ0v) is 20.5. The van der Waals surface area contributed by atoms with Gasteiger partial charge >= 0.3 is 12.1 Å². The standard InChI is InChI=1S/C25H24F2N4O5S/c26-16-10-18(27)22-19(11-16)28-24(29-22)37-14-21(32)30-8-6-17(7-9-30)31-20(13-36-25(31)34)23(33)35-12-15-4-2-1-3-5-15/h1-5,10-11,17,20H,6-9,12-14H2,(H,28,29). The van der Waals surface area contributed by atoms with E-state index >= 15 is 0 Å². The molecule has 0 bridgehead atoms. The molecular formula is C25H24F2N4O5S. The van der Waals surface area contributed by atoms with Gasteiger partial charge in [0.2, 0.25) is 5.91 Å². The largest absolute Gasteiger partial charge is 0.459 e. The number of thioether (sulfide) groups is 1. The molecule has 37 heavy (non-hydrogen) atoms. The van der Waals surface area contributed by atoms with Crippen LogP contribution in [0, 0.1) is 11.6 Å². The van der Waals surface area contributed by atoms with Gasteiger partial charge in [-0.25, -0.2) is 23.4 Å². The third-order valence-corrected chi connectivity index (χ3v) is 7.29. The number of hydrogen-bond donors (Lipinski definition) is 1. The normalized spacial score (nSPS) is 18.3. The second-order valence-electron chi connectivity index (χ2n) is 8.82. The van der Waals surface area contributed by atoms with E-state index in [0.29, 0.717) is 31.1 Å². The number of benzene rings is 2. The number of amides is 2. The number of esters is 1. The second-order valence-corrected chi connectivity index (χ2v) is 9.78. The predicted molar refractivity (Wildman–Crippen MR) is 130 cm³/mol. The zero-order chi connectivity index (χ0) is 25.9. The number of carbonyl (C=O) groups excluding carboxylic acids is 3. The number of carbonyl (C=O) groups is 3. The Hall–Kier alpha value is -3.67. The minimum absolute atomic E-state index is 0.0199. The van der Waals surface area contributed by atoms with Gasteiger partial charge in [-0.05, 0) is 24.5 Å². The van der Waals surface area contributed by atoms with Gasteiger partial charge in [-0.2, -0.15) is 0 Å². The number of nitrogens with zero attached hydrogens (tertiary/aromatic N) is 3. The van der Waals surface area contributed by atoms with E-state index < -0.39 is 29.7 Å². The van der Waals surface area contributed by atoms with Gasteiger partial charge in [0.05, 0.1) is 11.3 Å². The summed E-state index contributed by atoms with van der Waals surface area (Å²) in [5.41, 5.74) is 1.09. The van der Waals surface area contributed by atoms with Crippen molar-refractivity contribution in [1.82, 2.24) is 19.8 Å². The van der Waals surface area contributed by atoms with E-state index in [1.807, 2.05) is 30.3 Å². The van der Waals surface area contributed by atoms with E-state index in [2.05, 4.69) is 9.97 Å². The number of imidazole rings is 1. The van der Waals surface area contributed by atoms with Crippen LogP contribution in [0.4, 0.5) is 13.6 Å². The van der Waals surface area contributed by atoms with Crippen LogP contribution < -0.4 is 0 Å². The van der Waals surface area contributed by atoms with E-state index in [1.54, 1.807) is 4.90 Å². The van der Waals surface area contributed by atoms with Gasteiger partial charge < -0.3 is 19.4 Å². The number of halogens is 2. The SMILES string of the molecule is O=C(OCc1ccccc1)C1COC(=O)N1C1CCN(C(=O)CSc2nc3c(F)cc(F)cc3[nH]2)CC1. The first-order chi connectivity index (χ1) is 17.9. The highest BCUT2D eigenvalue weighted by Gasteiger charge is 2.44. The topological polar surface area (TPSA) is 105 Å². The van der Waals surface area contributed by atoms with Gasteiger partial charge in [-0.1, -0.05) is 42.1 Å². The number of nitrogens with one attached hydrogen (secondary N) is 1. The summed E-state index contributed by atoms with van der Waals surface area (Å²) >= 11 is 1.10. The van der Waals surface area contributed by atoms with Crippen LogP contribution in [0.15, 0.2) is 47.6 Å². The van der Waals surface area contributed by atoms with Crippen molar-refractivity contribution in [3.05, 3.63) is 59.7 Å². The van der Waals surface area contributed by atoms with Crippen LogP contribution in [0.2, 0.25) is 0 Å². The lowest BCUT2D eigenvalue weighted by atomic mass is 10.0. The lowest BCUT2D eigenvalue weighted by molar-refractivity contribution is -0.150. The van der Waals surface area contributed by atoms with Crippen LogP contribution in [0.5, 0.6) is 0 Å². The Morgan fingerprint density at radius 1 is 1.16 bits per heavy atom. The summed E-state index contributed by atoms with van der Waals surface area (Å²) in [6, 6.07) is 10.1. The van der Waals surface area contributed by atoms with Crippen molar-refractivity contribution in [3.8, 4) is 0 Å². The molecule has 1 unspecified atom stereocenters. The lowest BCUT2D eigenvalue weighted by Crippen LogP contribution is -2.52. The molecule has 0 saturated carbocycles. The molecule has 2 fully saturated rings. The Morgan fingerprint density at radius 3 is 2.68 bits per heavy atom. The number of H-pyrrole nitrogens is 1. The van der Waals surface area contributed by atoms with Gasteiger partial charge in [-0.15, -0.1) is 0 Å². The Kier molecular flexibility index (Phi) is 7.26. The fourth-order valence-corrected chi connectivity index (χ4v) is 5.33. The molecule has 1 atom stereocenters. The van der Waals surface area contributed by atoms with E-state index in [0.717, 1.165) is 29.5 Å².